The van der Waals surface area contributed by atoms with Gasteiger partial charge < -0.3 is 9.84 Å². The minimum absolute atomic E-state index is 0.231. The molecule has 7 nitrogen and oxygen atoms in total. The van der Waals surface area contributed by atoms with Gasteiger partial charge in [0.25, 0.3) is 0 Å². The molecular weight excluding hydrogens is 298 g/mol. The third-order valence-corrected chi connectivity index (χ3v) is 3.47. The maximum atomic E-state index is 11.7. The molecule has 0 aliphatic rings. The van der Waals surface area contributed by atoms with E-state index in [1.54, 1.807) is 36.9 Å². The Kier molecular flexibility index (Phi) is 4.78. The van der Waals surface area contributed by atoms with Crippen LogP contribution in [0.1, 0.15) is 35.5 Å². The van der Waals surface area contributed by atoms with Crippen molar-refractivity contribution in [3.63, 3.8) is 0 Å². The van der Waals surface area contributed by atoms with Gasteiger partial charge in [-0.25, -0.2) is 9.48 Å². The third kappa shape index (κ3) is 4.15. The molecule has 2 rings (SSSR count). The second-order valence-electron chi connectivity index (χ2n) is 5.97. The summed E-state index contributed by atoms with van der Waals surface area (Å²) in [6.45, 7) is 3.98. The summed E-state index contributed by atoms with van der Waals surface area (Å²) < 4.78 is 6.39. The molecule has 0 bridgehead atoms. The lowest BCUT2D eigenvalue weighted by atomic mass is 9.88. The van der Waals surface area contributed by atoms with Gasteiger partial charge >= 0.3 is 11.9 Å². The van der Waals surface area contributed by atoms with Gasteiger partial charge in [0.05, 0.1) is 30.3 Å². The number of carboxylic acids is 1. The first-order chi connectivity index (χ1) is 10.8. The molecule has 0 fully saturated rings. The van der Waals surface area contributed by atoms with Crippen molar-refractivity contribution in [1.29, 1.82) is 0 Å². The molecule has 0 amide bonds. The molecule has 23 heavy (non-hydrogen) atoms. The molecule has 7 heteroatoms. The Morgan fingerprint density at radius 1 is 1.35 bits per heavy atom. The topological polar surface area (TPSA) is 94.3 Å². The number of nitrogens with zero attached hydrogens (tertiary/aromatic N) is 3. The number of carbonyl (C=O) groups excluding carboxylic acids is 1. The van der Waals surface area contributed by atoms with Crippen molar-refractivity contribution in [2.24, 2.45) is 5.41 Å². The van der Waals surface area contributed by atoms with E-state index < -0.39 is 11.4 Å². The van der Waals surface area contributed by atoms with Crippen molar-refractivity contribution < 1.29 is 19.4 Å². The summed E-state index contributed by atoms with van der Waals surface area (Å²) in [7, 11) is 1.36. The number of benzene rings is 1. The fourth-order valence-corrected chi connectivity index (χ4v) is 2.29. The number of esters is 1. The molecule has 2 aromatic rings. The van der Waals surface area contributed by atoms with E-state index in [1.165, 1.54) is 13.2 Å². The highest BCUT2D eigenvalue weighted by atomic mass is 16.5. The van der Waals surface area contributed by atoms with Crippen LogP contribution >= 0.6 is 0 Å². The first-order valence-electron chi connectivity index (χ1n) is 7.11. The molecule has 1 aromatic heterocycles. The van der Waals surface area contributed by atoms with Crippen LogP contribution in [0.15, 0.2) is 30.5 Å². The number of aromatic carboxylic acids is 1. The number of aromatic nitrogens is 3. The fourth-order valence-electron chi connectivity index (χ4n) is 2.29. The Bertz CT molecular complexity index is 722. The molecule has 0 radical (unpaired) electrons. The lowest BCUT2D eigenvalue weighted by molar-refractivity contribution is -0.150. The van der Waals surface area contributed by atoms with Crippen molar-refractivity contribution in [2.45, 2.75) is 26.8 Å². The van der Waals surface area contributed by atoms with Crippen molar-refractivity contribution in [3.8, 4) is 0 Å². The number of methoxy groups -OCH3 is 1. The Morgan fingerprint density at radius 2 is 2.09 bits per heavy atom. The molecular formula is C16H19N3O4. The van der Waals surface area contributed by atoms with Crippen LogP contribution in [0, 0.1) is 5.41 Å². The van der Waals surface area contributed by atoms with Gasteiger partial charge in [0.15, 0.2) is 0 Å². The average molecular weight is 317 g/mol. The average Bonchev–Trinajstić information content (AvgIpc) is 2.92. The summed E-state index contributed by atoms with van der Waals surface area (Å²) in [4.78, 5) is 22.7. The van der Waals surface area contributed by atoms with E-state index in [0.29, 0.717) is 18.7 Å². The van der Waals surface area contributed by atoms with Gasteiger partial charge in [-0.15, -0.1) is 5.10 Å². The minimum Gasteiger partial charge on any atom is -0.478 e. The van der Waals surface area contributed by atoms with Crippen LogP contribution in [0.4, 0.5) is 0 Å². The molecule has 1 aromatic carbocycles. The summed E-state index contributed by atoms with van der Waals surface area (Å²) in [6.07, 6.45) is 2.16. The first-order valence-corrected chi connectivity index (χ1v) is 7.11. The molecule has 0 atom stereocenters. The minimum atomic E-state index is -0.967. The maximum Gasteiger partial charge on any atom is 0.335 e. The Hall–Kier alpha value is -2.70. The van der Waals surface area contributed by atoms with E-state index in [-0.39, 0.29) is 11.5 Å². The number of carboxylic acid groups (broad SMARTS) is 1. The summed E-state index contributed by atoms with van der Waals surface area (Å²) in [5.41, 5.74) is 1.04. The van der Waals surface area contributed by atoms with Crippen LogP contribution in [0.2, 0.25) is 0 Å². The maximum absolute atomic E-state index is 11.7. The van der Waals surface area contributed by atoms with Crippen molar-refractivity contribution in [2.75, 3.05) is 7.11 Å². The number of hydrogen-bond acceptors (Lipinski definition) is 5. The van der Waals surface area contributed by atoms with Crippen molar-refractivity contribution in [3.05, 3.63) is 47.3 Å². The van der Waals surface area contributed by atoms with Crippen LogP contribution in [0.25, 0.3) is 0 Å². The van der Waals surface area contributed by atoms with Crippen LogP contribution in [0.5, 0.6) is 0 Å². The molecule has 122 valence electrons. The van der Waals surface area contributed by atoms with Gasteiger partial charge in [-0.2, -0.15) is 0 Å². The monoisotopic (exact) mass is 317 g/mol. The summed E-state index contributed by atoms with van der Waals surface area (Å²) in [6, 6.07) is 6.66. The second-order valence-corrected chi connectivity index (χ2v) is 5.97. The Balaban J connectivity index is 2.09. The largest absolute Gasteiger partial charge is 0.478 e. The smallest absolute Gasteiger partial charge is 0.335 e. The third-order valence-electron chi connectivity index (χ3n) is 3.47. The second kappa shape index (κ2) is 6.60. The Morgan fingerprint density at radius 3 is 2.74 bits per heavy atom. The van der Waals surface area contributed by atoms with Gasteiger partial charge in [-0.3, -0.25) is 4.79 Å². The lowest BCUT2D eigenvalue weighted by Crippen LogP contribution is -2.28. The predicted molar refractivity (Wildman–Crippen MR) is 82.0 cm³/mol. The van der Waals surface area contributed by atoms with Gasteiger partial charge in [-0.05, 0) is 31.5 Å². The fraction of sp³-hybridized carbons (Fsp3) is 0.375. The number of carbonyl (C=O) groups is 2. The molecule has 0 saturated heterocycles. The molecule has 0 aliphatic heterocycles. The van der Waals surface area contributed by atoms with E-state index in [0.717, 1.165) is 5.56 Å². The van der Waals surface area contributed by atoms with Crippen LogP contribution in [-0.2, 0) is 22.5 Å². The SMILES string of the molecule is COC(=O)C(C)(C)Cc1cn(Cc2cccc(C(=O)O)c2)nn1. The summed E-state index contributed by atoms with van der Waals surface area (Å²) >= 11 is 0. The van der Waals surface area contributed by atoms with Crippen LogP contribution in [0.3, 0.4) is 0 Å². The highest BCUT2D eigenvalue weighted by molar-refractivity contribution is 5.87. The molecule has 0 aliphatic carbocycles. The van der Waals surface area contributed by atoms with E-state index in [2.05, 4.69) is 10.3 Å². The standard InChI is InChI=1S/C16H19N3O4/c1-16(2,15(22)23-3)8-13-10-19(18-17-13)9-11-5-4-6-12(7-11)14(20)21/h4-7,10H,8-9H2,1-3H3,(H,20,21). The highest BCUT2D eigenvalue weighted by Gasteiger charge is 2.30. The normalized spacial score (nSPS) is 11.3. The molecule has 0 saturated carbocycles. The zero-order valence-corrected chi connectivity index (χ0v) is 13.3. The predicted octanol–water partition coefficient (Wildman–Crippen LogP) is 1.77. The number of hydrogen-bond donors (Lipinski definition) is 1. The molecule has 0 spiro atoms. The van der Waals surface area contributed by atoms with Crippen molar-refractivity contribution in [1.82, 2.24) is 15.0 Å². The number of ether oxygens (including phenoxy) is 1. The van der Waals surface area contributed by atoms with Crippen LogP contribution in [-0.4, -0.2) is 39.1 Å². The molecule has 1 heterocycles. The Labute approximate surface area is 133 Å². The van der Waals surface area contributed by atoms with Gasteiger partial charge in [0.1, 0.15) is 0 Å². The first kappa shape index (κ1) is 16.7. The van der Waals surface area contributed by atoms with Gasteiger partial charge in [-0.1, -0.05) is 17.3 Å². The van der Waals surface area contributed by atoms with Crippen LogP contribution < -0.4 is 0 Å². The highest BCUT2D eigenvalue weighted by Crippen LogP contribution is 2.22. The van der Waals surface area contributed by atoms with Crippen molar-refractivity contribution >= 4 is 11.9 Å². The van der Waals surface area contributed by atoms with E-state index >= 15 is 0 Å². The van der Waals surface area contributed by atoms with E-state index in [9.17, 15) is 9.59 Å². The molecule has 1 N–H and O–H groups in total. The van der Waals surface area contributed by atoms with E-state index in [4.69, 9.17) is 9.84 Å². The summed E-state index contributed by atoms with van der Waals surface area (Å²) in [5.74, 6) is -1.27. The lowest BCUT2D eigenvalue weighted by Gasteiger charge is -2.19. The van der Waals surface area contributed by atoms with E-state index in [1.807, 2.05) is 6.07 Å². The number of rotatable bonds is 6. The zero-order valence-electron chi connectivity index (χ0n) is 13.3. The zero-order chi connectivity index (χ0) is 17.0. The molecule has 0 unspecified atom stereocenters. The van der Waals surface area contributed by atoms with Gasteiger partial charge in [0, 0.05) is 12.6 Å². The summed E-state index contributed by atoms with van der Waals surface area (Å²) in [5, 5.41) is 17.1. The quantitative estimate of drug-likeness (QED) is 0.816. The van der Waals surface area contributed by atoms with Gasteiger partial charge in [0.2, 0.25) is 0 Å².